The molecule has 5 heteroatoms. The predicted octanol–water partition coefficient (Wildman–Crippen LogP) is 5.38. The van der Waals surface area contributed by atoms with Crippen molar-refractivity contribution in [3.63, 3.8) is 0 Å². The van der Waals surface area contributed by atoms with Gasteiger partial charge in [-0.3, -0.25) is 4.79 Å². The summed E-state index contributed by atoms with van der Waals surface area (Å²) >= 11 is 5.95. The number of aryl methyl sites for hydroxylation is 1. The number of rotatable bonds is 5. The molecule has 3 nitrogen and oxygen atoms in total. The second-order valence-electron chi connectivity index (χ2n) is 6.02. The molecule has 136 valence electrons. The van der Waals surface area contributed by atoms with Gasteiger partial charge in [0, 0.05) is 16.7 Å². The molecule has 0 atom stereocenters. The van der Waals surface area contributed by atoms with E-state index < -0.39 is 11.8 Å². The molecule has 0 saturated heterocycles. The van der Waals surface area contributed by atoms with Gasteiger partial charge in [0.2, 0.25) is 0 Å². The first-order chi connectivity index (χ1) is 13.0. The Kier molecular flexibility index (Phi) is 5.67. The molecule has 0 fully saturated rings. The Morgan fingerprint density at radius 2 is 1.59 bits per heavy atom. The summed E-state index contributed by atoms with van der Waals surface area (Å²) in [6, 6.07) is 17.7. The fraction of sp³-hybridized carbons (Fsp3) is 0.0909. The van der Waals surface area contributed by atoms with E-state index in [9.17, 15) is 14.0 Å². The highest BCUT2D eigenvalue weighted by Gasteiger charge is 2.20. The molecule has 27 heavy (non-hydrogen) atoms. The molecule has 0 N–H and O–H groups in total. The van der Waals surface area contributed by atoms with Gasteiger partial charge in [-0.1, -0.05) is 65.7 Å². The standard InChI is InChI=1S/C22H16ClFO3/c1-14-9-11-15(12-10-14)21(25)16-5-2-3-6-17(16)22(26)27-13-18-19(23)7-4-8-20(18)24/h2-12H,13H2,1H3. The molecule has 0 saturated carbocycles. The summed E-state index contributed by atoms with van der Waals surface area (Å²) < 4.78 is 19.0. The van der Waals surface area contributed by atoms with Crippen molar-refractivity contribution in [1.29, 1.82) is 0 Å². The highest BCUT2D eigenvalue weighted by atomic mass is 35.5. The minimum absolute atomic E-state index is 0.0925. The third kappa shape index (κ3) is 4.23. The van der Waals surface area contributed by atoms with E-state index in [-0.39, 0.29) is 34.1 Å². The Balaban J connectivity index is 1.84. The largest absolute Gasteiger partial charge is 0.457 e. The number of halogens is 2. The van der Waals surface area contributed by atoms with Crippen molar-refractivity contribution in [2.24, 2.45) is 0 Å². The second kappa shape index (κ2) is 8.14. The van der Waals surface area contributed by atoms with Gasteiger partial charge in [0.15, 0.2) is 5.78 Å². The number of ether oxygens (including phenoxy) is 1. The Morgan fingerprint density at radius 3 is 2.26 bits per heavy atom. The summed E-state index contributed by atoms with van der Waals surface area (Å²) in [4.78, 5) is 25.3. The fourth-order valence-corrected chi connectivity index (χ4v) is 2.82. The molecule has 0 aliphatic carbocycles. The molecule has 0 unspecified atom stereocenters. The molecule has 0 aliphatic rings. The van der Waals surface area contributed by atoms with Crippen LogP contribution in [0.25, 0.3) is 0 Å². The fourth-order valence-electron chi connectivity index (χ4n) is 2.61. The molecular weight excluding hydrogens is 367 g/mol. The van der Waals surface area contributed by atoms with Gasteiger partial charge in [-0.25, -0.2) is 9.18 Å². The molecule has 0 heterocycles. The third-order valence-corrected chi connectivity index (χ3v) is 4.47. The van der Waals surface area contributed by atoms with Crippen LogP contribution in [0.3, 0.4) is 0 Å². The zero-order valence-electron chi connectivity index (χ0n) is 14.5. The quantitative estimate of drug-likeness (QED) is 0.439. The monoisotopic (exact) mass is 382 g/mol. The molecule has 3 aromatic carbocycles. The number of esters is 1. The van der Waals surface area contributed by atoms with Gasteiger partial charge in [-0.15, -0.1) is 0 Å². The van der Waals surface area contributed by atoms with E-state index in [0.29, 0.717) is 5.56 Å². The number of benzene rings is 3. The molecule has 0 radical (unpaired) electrons. The lowest BCUT2D eigenvalue weighted by atomic mass is 9.98. The maximum Gasteiger partial charge on any atom is 0.339 e. The number of ketones is 1. The van der Waals surface area contributed by atoms with Crippen LogP contribution in [-0.2, 0) is 11.3 Å². The zero-order valence-corrected chi connectivity index (χ0v) is 15.3. The molecular formula is C22H16ClFO3. The summed E-state index contributed by atoms with van der Waals surface area (Å²) in [5.41, 5.74) is 1.94. The maximum absolute atomic E-state index is 13.8. The second-order valence-corrected chi connectivity index (χ2v) is 6.42. The van der Waals surface area contributed by atoms with Crippen LogP contribution in [0, 0.1) is 12.7 Å². The van der Waals surface area contributed by atoms with Gasteiger partial charge in [0.05, 0.1) is 10.6 Å². The van der Waals surface area contributed by atoms with Crippen molar-refractivity contribution in [3.05, 3.63) is 105 Å². The number of hydrogen-bond acceptors (Lipinski definition) is 3. The van der Waals surface area contributed by atoms with Crippen LogP contribution >= 0.6 is 11.6 Å². The summed E-state index contributed by atoms with van der Waals surface area (Å²) in [6.07, 6.45) is 0. The Labute approximate surface area is 161 Å². The van der Waals surface area contributed by atoms with Crippen LogP contribution in [-0.4, -0.2) is 11.8 Å². The van der Waals surface area contributed by atoms with E-state index in [2.05, 4.69) is 0 Å². The van der Waals surface area contributed by atoms with Crippen molar-refractivity contribution in [2.45, 2.75) is 13.5 Å². The maximum atomic E-state index is 13.8. The van der Waals surface area contributed by atoms with E-state index in [1.165, 1.54) is 24.3 Å². The lowest BCUT2D eigenvalue weighted by Gasteiger charge is -2.10. The summed E-state index contributed by atoms with van der Waals surface area (Å²) in [5.74, 6) is -1.56. The average molecular weight is 383 g/mol. The smallest absolute Gasteiger partial charge is 0.339 e. The van der Waals surface area contributed by atoms with Gasteiger partial charge < -0.3 is 4.74 Å². The minimum atomic E-state index is -0.717. The van der Waals surface area contributed by atoms with Crippen LogP contribution in [0.15, 0.2) is 66.7 Å². The highest BCUT2D eigenvalue weighted by molar-refractivity contribution is 6.31. The summed E-state index contributed by atoms with van der Waals surface area (Å²) in [6.45, 7) is 1.60. The molecule has 0 bridgehead atoms. The first-order valence-electron chi connectivity index (χ1n) is 8.28. The van der Waals surface area contributed by atoms with Gasteiger partial charge >= 0.3 is 5.97 Å². The van der Waals surface area contributed by atoms with Crippen LogP contribution in [0.2, 0.25) is 5.02 Å². The van der Waals surface area contributed by atoms with E-state index >= 15 is 0 Å². The summed E-state index contributed by atoms with van der Waals surface area (Å²) in [7, 11) is 0. The molecule has 0 amide bonds. The normalized spacial score (nSPS) is 10.5. The average Bonchev–Trinajstić information content (AvgIpc) is 2.67. The third-order valence-electron chi connectivity index (χ3n) is 4.11. The summed E-state index contributed by atoms with van der Waals surface area (Å²) in [5, 5.41) is 0.173. The van der Waals surface area contributed by atoms with E-state index in [1.807, 2.05) is 19.1 Å². The van der Waals surface area contributed by atoms with Crippen LogP contribution < -0.4 is 0 Å². The Bertz CT molecular complexity index is 976. The number of carbonyl (C=O) groups is 2. The molecule has 3 aromatic rings. The zero-order chi connectivity index (χ0) is 19.4. The Morgan fingerprint density at radius 1 is 0.926 bits per heavy atom. The molecule has 0 aromatic heterocycles. The number of carbonyl (C=O) groups excluding carboxylic acids is 2. The van der Waals surface area contributed by atoms with E-state index in [1.54, 1.807) is 30.3 Å². The lowest BCUT2D eigenvalue weighted by Crippen LogP contribution is -2.13. The van der Waals surface area contributed by atoms with Crippen LogP contribution in [0.1, 0.15) is 37.4 Å². The molecule has 0 spiro atoms. The van der Waals surface area contributed by atoms with Gasteiger partial charge in [0.25, 0.3) is 0 Å². The van der Waals surface area contributed by atoms with Crippen LogP contribution in [0.4, 0.5) is 4.39 Å². The predicted molar refractivity (Wildman–Crippen MR) is 102 cm³/mol. The Hall–Kier alpha value is -2.98. The minimum Gasteiger partial charge on any atom is -0.457 e. The first-order valence-corrected chi connectivity index (χ1v) is 8.65. The van der Waals surface area contributed by atoms with E-state index in [4.69, 9.17) is 16.3 Å². The van der Waals surface area contributed by atoms with Crippen molar-refractivity contribution >= 4 is 23.4 Å². The van der Waals surface area contributed by atoms with Crippen LogP contribution in [0.5, 0.6) is 0 Å². The van der Waals surface area contributed by atoms with Crippen molar-refractivity contribution in [1.82, 2.24) is 0 Å². The molecule has 0 aliphatic heterocycles. The van der Waals surface area contributed by atoms with Gasteiger partial charge in [0.1, 0.15) is 12.4 Å². The highest BCUT2D eigenvalue weighted by Crippen LogP contribution is 2.21. The SMILES string of the molecule is Cc1ccc(C(=O)c2ccccc2C(=O)OCc2c(F)cccc2Cl)cc1. The first kappa shape index (κ1) is 18.8. The lowest BCUT2D eigenvalue weighted by molar-refractivity contribution is 0.0466. The van der Waals surface area contributed by atoms with Crippen molar-refractivity contribution in [3.8, 4) is 0 Å². The van der Waals surface area contributed by atoms with E-state index in [0.717, 1.165) is 5.56 Å². The number of hydrogen-bond donors (Lipinski definition) is 0. The topological polar surface area (TPSA) is 43.4 Å². The molecule has 3 rings (SSSR count). The van der Waals surface area contributed by atoms with Gasteiger partial charge in [-0.2, -0.15) is 0 Å². The van der Waals surface area contributed by atoms with Gasteiger partial charge in [-0.05, 0) is 25.1 Å². The van der Waals surface area contributed by atoms with Crippen molar-refractivity contribution < 1.29 is 18.7 Å². The van der Waals surface area contributed by atoms with Crippen molar-refractivity contribution in [2.75, 3.05) is 0 Å².